The van der Waals surface area contributed by atoms with Gasteiger partial charge in [0, 0.05) is 50.3 Å². The molecule has 1 saturated heterocycles. The smallest absolute Gasteiger partial charge is 0.257 e. The molecule has 0 saturated carbocycles. The molecule has 7 heteroatoms. The molecule has 4 rings (SSSR count). The Morgan fingerprint density at radius 2 is 1.63 bits per heavy atom. The highest BCUT2D eigenvalue weighted by Crippen LogP contribution is 2.23. The first kappa shape index (κ1) is 17.1. The normalized spacial score (nSPS) is 14.3. The van der Waals surface area contributed by atoms with Gasteiger partial charge in [0.2, 0.25) is 5.95 Å². The molecular formula is C20H20N6O. The van der Waals surface area contributed by atoms with E-state index in [4.69, 9.17) is 0 Å². The van der Waals surface area contributed by atoms with Crippen molar-refractivity contribution in [1.82, 2.24) is 24.8 Å². The van der Waals surface area contributed by atoms with E-state index in [9.17, 15) is 4.79 Å². The van der Waals surface area contributed by atoms with E-state index in [-0.39, 0.29) is 5.91 Å². The van der Waals surface area contributed by atoms with Crippen LogP contribution in [-0.4, -0.2) is 56.9 Å². The molecule has 7 nitrogen and oxygen atoms in total. The van der Waals surface area contributed by atoms with E-state index in [1.165, 1.54) is 0 Å². The standard InChI is InChI=1S/C20H20N6O/c1-15-23-14-17(18(24-15)16-6-3-2-4-7-16)19(27)25-10-12-26(13-11-25)20-21-8-5-9-22-20/h2-9,14H,10-13H2,1H3. The zero-order valence-electron chi connectivity index (χ0n) is 15.1. The van der Waals surface area contributed by atoms with Crippen LogP contribution in [0, 0.1) is 6.92 Å². The quantitative estimate of drug-likeness (QED) is 0.713. The van der Waals surface area contributed by atoms with E-state index < -0.39 is 0 Å². The Balaban J connectivity index is 1.54. The number of piperazine rings is 1. The van der Waals surface area contributed by atoms with Crippen molar-refractivity contribution in [3.05, 3.63) is 66.4 Å². The summed E-state index contributed by atoms with van der Waals surface area (Å²) in [5, 5.41) is 0. The van der Waals surface area contributed by atoms with Crippen molar-refractivity contribution in [2.75, 3.05) is 31.1 Å². The Hall–Kier alpha value is -3.35. The van der Waals surface area contributed by atoms with Crippen LogP contribution in [0.1, 0.15) is 16.2 Å². The maximum absolute atomic E-state index is 13.1. The number of rotatable bonds is 3. The lowest BCUT2D eigenvalue weighted by atomic mass is 10.1. The third-order valence-electron chi connectivity index (χ3n) is 4.59. The van der Waals surface area contributed by atoms with Crippen LogP contribution in [0.15, 0.2) is 55.0 Å². The summed E-state index contributed by atoms with van der Waals surface area (Å²) in [4.78, 5) is 34.4. The predicted molar refractivity (Wildman–Crippen MR) is 102 cm³/mol. The molecule has 3 aromatic rings. The number of carbonyl (C=O) groups excluding carboxylic acids is 1. The average molecular weight is 360 g/mol. The molecule has 0 aliphatic carbocycles. The molecule has 1 fully saturated rings. The lowest BCUT2D eigenvalue weighted by Crippen LogP contribution is -2.49. The Bertz CT molecular complexity index is 924. The van der Waals surface area contributed by atoms with Crippen LogP contribution in [-0.2, 0) is 0 Å². The molecule has 1 amide bonds. The Kier molecular flexibility index (Phi) is 4.74. The second-order valence-corrected chi connectivity index (χ2v) is 6.37. The fourth-order valence-electron chi connectivity index (χ4n) is 3.18. The Morgan fingerprint density at radius 1 is 0.926 bits per heavy atom. The van der Waals surface area contributed by atoms with Gasteiger partial charge in [-0.25, -0.2) is 19.9 Å². The number of amides is 1. The van der Waals surface area contributed by atoms with E-state index in [1.54, 1.807) is 24.7 Å². The van der Waals surface area contributed by atoms with Crippen LogP contribution in [0.3, 0.4) is 0 Å². The predicted octanol–water partition coefficient (Wildman–Crippen LogP) is 2.20. The highest BCUT2D eigenvalue weighted by atomic mass is 16.2. The molecule has 2 aromatic heterocycles. The summed E-state index contributed by atoms with van der Waals surface area (Å²) >= 11 is 0. The zero-order chi connectivity index (χ0) is 18.6. The van der Waals surface area contributed by atoms with Gasteiger partial charge in [0.25, 0.3) is 5.91 Å². The minimum atomic E-state index is -0.0394. The van der Waals surface area contributed by atoms with Gasteiger partial charge in [0.05, 0.1) is 11.3 Å². The minimum absolute atomic E-state index is 0.0394. The molecule has 0 radical (unpaired) electrons. The van der Waals surface area contributed by atoms with E-state index >= 15 is 0 Å². The van der Waals surface area contributed by atoms with Gasteiger partial charge >= 0.3 is 0 Å². The molecular weight excluding hydrogens is 340 g/mol. The van der Waals surface area contributed by atoms with Crippen molar-refractivity contribution in [3.63, 3.8) is 0 Å². The molecule has 1 aliphatic heterocycles. The number of aromatic nitrogens is 4. The van der Waals surface area contributed by atoms with E-state index in [1.807, 2.05) is 42.2 Å². The second-order valence-electron chi connectivity index (χ2n) is 6.37. The molecule has 0 unspecified atom stereocenters. The number of hydrogen-bond acceptors (Lipinski definition) is 6. The molecule has 0 bridgehead atoms. The van der Waals surface area contributed by atoms with Crippen LogP contribution >= 0.6 is 0 Å². The topological polar surface area (TPSA) is 75.1 Å². The molecule has 0 N–H and O–H groups in total. The van der Waals surface area contributed by atoms with Crippen LogP contribution < -0.4 is 4.90 Å². The fourth-order valence-corrected chi connectivity index (χ4v) is 3.18. The molecule has 0 spiro atoms. The Labute approximate surface area is 157 Å². The summed E-state index contributed by atoms with van der Waals surface area (Å²) in [5.74, 6) is 1.31. The third-order valence-corrected chi connectivity index (χ3v) is 4.59. The number of anilines is 1. The molecule has 0 atom stereocenters. The van der Waals surface area contributed by atoms with Gasteiger partial charge in [0.15, 0.2) is 0 Å². The SMILES string of the molecule is Cc1ncc(C(=O)N2CCN(c3ncccn3)CC2)c(-c2ccccc2)n1. The highest BCUT2D eigenvalue weighted by Gasteiger charge is 2.26. The van der Waals surface area contributed by atoms with Crippen molar-refractivity contribution in [3.8, 4) is 11.3 Å². The summed E-state index contributed by atoms with van der Waals surface area (Å²) in [7, 11) is 0. The average Bonchev–Trinajstić information content (AvgIpc) is 2.74. The third kappa shape index (κ3) is 3.62. The van der Waals surface area contributed by atoms with Crippen LogP contribution in [0.5, 0.6) is 0 Å². The monoisotopic (exact) mass is 360 g/mol. The maximum Gasteiger partial charge on any atom is 0.257 e. The first-order valence-electron chi connectivity index (χ1n) is 8.92. The number of hydrogen-bond donors (Lipinski definition) is 0. The first-order chi connectivity index (χ1) is 13.2. The minimum Gasteiger partial charge on any atom is -0.337 e. The van der Waals surface area contributed by atoms with E-state index in [0.717, 1.165) is 5.56 Å². The van der Waals surface area contributed by atoms with Gasteiger partial charge in [-0.1, -0.05) is 30.3 Å². The van der Waals surface area contributed by atoms with Gasteiger partial charge in [-0.3, -0.25) is 4.79 Å². The number of aryl methyl sites for hydroxylation is 1. The van der Waals surface area contributed by atoms with Crippen LogP contribution in [0.4, 0.5) is 5.95 Å². The molecule has 27 heavy (non-hydrogen) atoms. The van der Waals surface area contributed by atoms with Crippen molar-refractivity contribution in [2.45, 2.75) is 6.92 Å². The maximum atomic E-state index is 13.1. The van der Waals surface area contributed by atoms with Crippen molar-refractivity contribution in [1.29, 1.82) is 0 Å². The van der Waals surface area contributed by atoms with Crippen LogP contribution in [0.2, 0.25) is 0 Å². The Morgan fingerprint density at radius 3 is 2.33 bits per heavy atom. The number of benzene rings is 1. The fraction of sp³-hybridized carbons (Fsp3) is 0.250. The van der Waals surface area contributed by atoms with Crippen molar-refractivity contribution < 1.29 is 4.79 Å². The second kappa shape index (κ2) is 7.49. The van der Waals surface area contributed by atoms with Gasteiger partial charge < -0.3 is 9.80 Å². The highest BCUT2D eigenvalue weighted by molar-refractivity contribution is 5.99. The van der Waals surface area contributed by atoms with Gasteiger partial charge in [-0.15, -0.1) is 0 Å². The van der Waals surface area contributed by atoms with Gasteiger partial charge in [-0.05, 0) is 13.0 Å². The summed E-state index contributed by atoms with van der Waals surface area (Å²) < 4.78 is 0. The van der Waals surface area contributed by atoms with Gasteiger partial charge in [0.1, 0.15) is 5.82 Å². The molecule has 136 valence electrons. The molecule has 1 aliphatic rings. The largest absolute Gasteiger partial charge is 0.337 e. The zero-order valence-corrected chi connectivity index (χ0v) is 15.1. The lowest BCUT2D eigenvalue weighted by molar-refractivity contribution is 0.0746. The molecule has 3 heterocycles. The van der Waals surface area contributed by atoms with Crippen molar-refractivity contribution >= 4 is 11.9 Å². The van der Waals surface area contributed by atoms with Gasteiger partial charge in [-0.2, -0.15) is 0 Å². The molecule has 1 aromatic carbocycles. The lowest BCUT2D eigenvalue weighted by Gasteiger charge is -2.34. The van der Waals surface area contributed by atoms with E-state index in [0.29, 0.717) is 49.2 Å². The summed E-state index contributed by atoms with van der Waals surface area (Å²) in [6.45, 7) is 4.45. The summed E-state index contributed by atoms with van der Waals surface area (Å²) in [5.41, 5.74) is 2.14. The summed E-state index contributed by atoms with van der Waals surface area (Å²) in [6, 6.07) is 11.6. The first-order valence-corrected chi connectivity index (χ1v) is 8.92. The van der Waals surface area contributed by atoms with Crippen LogP contribution in [0.25, 0.3) is 11.3 Å². The van der Waals surface area contributed by atoms with Crippen molar-refractivity contribution in [2.24, 2.45) is 0 Å². The number of nitrogens with zero attached hydrogens (tertiary/aromatic N) is 6. The summed E-state index contributed by atoms with van der Waals surface area (Å²) in [6.07, 6.45) is 5.10. The number of carbonyl (C=O) groups is 1. The van der Waals surface area contributed by atoms with E-state index in [2.05, 4.69) is 24.8 Å².